The van der Waals surface area contributed by atoms with Crippen LogP contribution < -0.4 is 11.5 Å². The van der Waals surface area contributed by atoms with Crippen LogP contribution in [-0.4, -0.2) is 40.8 Å². The van der Waals surface area contributed by atoms with Gasteiger partial charge in [0.25, 0.3) is 0 Å². The highest BCUT2D eigenvalue weighted by atomic mass is 16.7. The van der Waals surface area contributed by atoms with Gasteiger partial charge >= 0.3 is 6.03 Å². The van der Waals surface area contributed by atoms with E-state index in [4.69, 9.17) is 23.7 Å². The molecular formula is C8H18N2O5. The first-order valence-corrected chi connectivity index (χ1v) is 3.90. The van der Waals surface area contributed by atoms with E-state index in [9.17, 15) is 0 Å². The fourth-order valence-electron chi connectivity index (χ4n) is 0.645. The Bertz CT molecular complexity index is 187. The Morgan fingerprint density at radius 3 is 1.73 bits per heavy atom. The van der Waals surface area contributed by atoms with Crippen molar-refractivity contribution < 1.29 is 23.7 Å². The minimum absolute atomic E-state index is 0.498. The number of hydrogen-bond acceptors (Lipinski definition) is 5. The zero-order valence-corrected chi connectivity index (χ0v) is 9.35. The molecule has 2 amide bonds. The maximum absolute atomic E-state index is 9.00. The molecule has 0 fully saturated rings. The Balaban J connectivity index is 0. The molecule has 4 N–H and O–H groups in total. The highest BCUT2D eigenvalue weighted by molar-refractivity contribution is 5.69. The lowest BCUT2D eigenvalue weighted by molar-refractivity contribution is -0.103. The predicted octanol–water partition coefficient (Wildman–Crippen LogP) is -0.237. The van der Waals surface area contributed by atoms with E-state index in [-0.39, 0.29) is 0 Å². The number of rotatable bonds is 5. The zero-order valence-electron chi connectivity index (χ0n) is 9.35. The van der Waals surface area contributed by atoms with E-state index in [0.29, 0.717) is 5.76 Å². The molecule has 0 aromatic heterocycles. The summed E-state index contributed by atoms with van der Waals surface area (Å²) in [4.78, 5) is 9.00. The molecule has 0 atom stereocenters. The van der Waals surface area contributed by atoms with Crippen molar-refractivity contribution in [1.29, 1.82) is 0 Å². The molecule has 0 spiro atoms. The fourth-order valence-corrected chi connectivity index (χ4v) is 0.645. The van der Waals surface area contributed by atoms with Crippen LogP contribution in [0.5, 0.6) is 0 Å². The molecule has 0 saturated heterocycles. The molecule has 0 aromatic rings. The van der Waals surface area contributed by atoms with Crippen molar-refractivity contribution in [2.45, 2.75) is 6.29 Å². The normalized spacial score (nSPS) is 10.3. The second-order valence-electron chi connectivity index (χ2n) is 2.17. The van der Waals surface area contributed by atoms with Crippen molar-refractivity contribution in [2.24, 2.45) is 11.5 Å². The summed E-state index contributed by atoms with van der Waals surface area (Å²) in [5, 5.41) is 0. The molecule has 0 saturated carbocycles. The van der Waals surface area contributed by atoms with E-state index >= 15 is 0 Å². The molecular weight excluding hydrogens is 204 g/mol. The van der Waals surface area contributed by atoms with E-state index < -0.39 is 12.3 Å². The third-order valence-electron chi connectivity index (χ3n) is 1.13. The zero-order chi connectivity index (χ0) is 12.3. The van der Waals surface area contributed by atoms with Crippen LogP contribution in [0.15, 0.2) is 12.0 Å². The van der Waals surface area contributed by atoms with Crippen LogP contribution in [0.3, 0.4) is 0 Å². The number of urea groups is 1. The van der Waals surface area contributed by atoms with Gasteiger partial charge in [0.2, 0.25) is 6.29 Å². The minimum atomic E-state index is -0.833. The average Bonchev–Trinajstić information content (AvgIpc) is 2.17. The molecule has 0 rings (SSSR count). The van der Waals surface area contributed by atoms with Crippen molar-refractivity contribution in [3.8, 4) is 0 Å². The summed E-state index contributed by atoms with van der Waals surface area (Å²) in [5.74, 6) is 0.498. The van der Waals surface area contributed by atoms with Crippen molar-refractivity contribution in [2.75, 3.05) is 28.4 Å². The lowest BCUT2D eigenvalue weighted by Crippen LogP contribution is -2.18. The largest absolute Gasteiger partial charge is 0.501 e. The first-order chi connectivity index (χ1) is 7.03. The summed E-state index contributed by atoms with van der Waals surface area (Å²) in [6, 6.07) is -0.833. The molecule has 0 radical (unpaired) electrons. The van der Waals surface area contributed by atoms with Gasteiger partial charge in [-0.25, -0.2) is 4.79 Å². The number of amides is 2. The van der Waals surface area contributed by atoms with Crippen molar-refractivity contribution in [3.63, 3.8) is 0 Å². The van der Waals surface area contributed by atoms with Gasteiger partial charge in [0.1, 0.15) is 6.26 Å². The third-order valence-corrected chi connectivity index (χ3v) is 1.13. The Labute approximate surface area is 88.9 Å². The molecule has 7 nitrogen and oxygen atoms in total. The van der Waals surface area contributed by atoms with Crippen molar-refractivity contribution in [1.82, 2.24) is 0 Å². The van der Waals surface area contributed by atoms with Crippen LogP contribution in [0.1, 0.15) is 0 Å². The van der Waals surface area contributed by atoms with E-state index in [1.165, 1.54) is 34.7 Å². The number of methoxy groups -OCH3 is 4. The Morgan fingerprint density at radius 1 is 1.13 bits per heavy atom. The van der Waals surface area contributed by atoms with E-state index in [0.717, 1.165) is 0 Å². The summed E-state index contributed by atoms with van der Waals surface area (Å²) in [7, 11) is 6.10. The lowest BCUT2D eigenvalue weighted by Gasteiger charge is -2.14. The van der Waals surface area contributed by atoms with E-state index in [2.05, 4.69) is 11.5 Å². The summed E-state index contributed by atoms with van der Waals surface area (Å²) in [5.41, 5.74) is 8.50. The molecule has 90 valence electrons. The number of carbonyl (C=O) groups excluding carboxylic acids is 1. The first kappa shape index (κ1) is 16.0. The molecule has 7 heteroatoms. The maximum atomic E-state index is 9.00. The van der Waals surface area contributed by atoms with Crippen LogP contribution in [0, 0.1) is 0 Å². The Hall–Kier alpha value is -1.47. The summed E-state index contributed by atoms with van der Waals surface area (Å²) in [6.07, 6.45) is 0.928. The second kappa shape index (κ2) is 10.6. The van der Waals surface area contributed by atoms with Gasteiger partial charge in [-0.15, -0.1) is 0 Å². The predicted molar refractivity (Wildman–Crippen MR) is 53.7 cm³/mol. The van der Waals surface area contributed by atoms with Gasteiger partial charge in [0, 0.05) is 14.2 Å². The monoisotopic (exact) mass is 222 g/mol. The van der Waals surface area contributed by atoms with Crippen LogP contribution in [-0.2, 0) is 18.9 Å². The van der Waals surface area contributed by atoms with Crippen LogP contribution >= 0.6 is 0 Å². The summed E-state index contributed by atoms with van der Waals surface area (Å²) >= 11 is 0. The molecule has 0 bridgehead atoms. The minimum Gasteiger partial charge on any atom is -0.501 e. The molecule has 0 aliphatic heterocycles. The van der Waals surface area contributed by atoms with Crippen molar-refractivity contribution in [3.05, 3.63) is 12.0 Å². The van der Waals surface area contributed by atoms with Crippen molar-refractivity contribution >= 4 is 6.03 Å². The standard InChI is InChI=1S/C7H14O4.CH4N2O/c1-8-5-6(9-2)7(10-3)11-4;2-1(3)4/h5,7H,1-4H3;(H4,2,3,4)/b6-5-;. The van der Waals surface area contributed by atoms with Gasteiger partial charge in [0.05, 0.1) is 14.2 Å². The third kappa shape index (κ3) is 10.5. The van der Waals surface area contributed by atoms with E-state index in [1.54, 1.807) is 0 Å². The smallest absolute Gasteiger partial charge is 0.309 e. The van der Waals surface area contributed by atoms with Gasteiger partial charge in [-0.05, 0) is 0 Å². The SMILES string of the molecule is CO/C=C(\OC)C(OC)OC.NC(N)=O. The van der Waals surface area contributed by atoms with Gasteiger partial charge < -0.3 is 30.4 Å². The quantitative estimate of drug-likeness (QED) is 0.493. The van der Waals surface area contributed by atoms with Gasteiger partial charge in [-0.2, -0.15) is 0 Å². The number of ether oxygens (including phenoxy) is 4. The van der Waals surface area contributed by atoms with Gasteiger partial charge in [0.15, 0.2) is 5.76 Å². The fraction of sp³-hybridized carbons (Fsp3) is 0.625. The first-order valence-electron chi connectivity index (χ1n) is 3.90. The van der Waals surface area contributed by atoms with Gasteiger partial charge in [-0.1, -0.05) is 0 Å². The highest BCUT2D eigenvalue weighted by Crippen LogP contribution is 2.06. The summed E-state index contributed by atoms with van der Waals surface area (Å²) < 4.78 is 19.5. The maximum Gasteiger partial charge on any atom is 0.309 e. The molecule has 0 aliphatic rings. The van der Waals surface area contributed by atoms with E-state index in [1.807, 2.05) is 0 Å². The number of nitrogens with two attached hydrogens (primary N) is 2. The molecule has 0 aliphatic carbocycles. The van der Waals surface area contributed by atoms with Crippen LogP contribution in [0.2, 0.25) is 0 Å². The average molecular weight is 222 g/mol. The number of carbonyl (C=O) groups is 1. The van der Waals surface area contributed by atoms with Crippen LogP contribution in [0.4, 0.5) is 4.79 Å². The second-order valence-corrected chi connectivity index (χ2v) is 2.17. The molecule has 0 unspecified atom stereocenters. The van der Waals surface area contributed by atoms with Crippen LogP contribution in [0.25, 0.3) is 0 Å². The molecule has 15 heavy (non-hydrogen) atoms. The topological polar surface area (TPSA) is 106 Å². The number of primary amides is 2. The highest BCUT2D eigenvalue weighted by Gasteiger charge is 2.12. The molecule has 0 aromatic carbocycles. The Morgan fingerprint density at radius 2 is 1.53 bits per heavy atom. The molecule has 0 heterocycles. The lowest BCUT2D eigenvalue weighted by atomic mass is 10.5. The Kier molecular flexibility index (Phi) is 11.3. The van der Waals surface area contributed by atoms with Gasteiger partial charge in [-0.3, -0.25) is 0 Å². The summed E-state index contributed by atoms with van der Waals surface area (Å²) in [6.45, 7) is 0. The number of hydrogen-bond donors (Lipinski definition) is 2.